The monoisotopic (exact) mass is 228 g/mol. The molecule has 1 aromatic rings. The molecule has 14 heavy (non-hydrogen) atoms. The Hall–Kier alpha value is -0.480. The fraction of sp³-hybridized carbons (Fsp3) is 0.600. The third-order valence-electron chi connectivity index (χ3n) is 1.93. The van der Waals surface area contributed by atoms with Gasteiger partial charge in [-0.3, -0.25) is 0 Å². The highest BCUT2D eigenvalue weighted by molar-refractivity contribution is 7.81. The second-order valence-corrected chi connectivity index (χ2v) is 5.41. The molecule has 0 spiro atoms. The van der Waals surface area contributed by atoms with Crippen molar-refractivity contribution in [3.63, 3.8) is 0 Å². The van der Waals surface area contributed by atoms with Crippen LogP contribution < -0.4 is 5.73 Å². The SMILES string of the molecule is CC(C)c1nc(C(C)C)c(C(N)=S)s1. The van der Waals surface area contributed by atoms with Crippen molar-refractivity contribution in [2.75, 3.05) is 0 Å². The maximum Gasteiger partial charge on any atom is 0.116 e. The van der Waals surface area contributed by atoms with E-state index < -0.39 is 0 Å². The first-order valence-electron chi connectivity index (χ1n) is 4.74. The van der Waals surface area contributed by atoms with Gasteiger partial charge in [0.1, 0.15) is 4.99 Å². The molecular weight excluding hydrogens is 212 g/mol. The Morgan fingerprint density at radius 2 is 1.86 bits per heavy atom. The Bertz CT molecular complexity index is 340. The van der Waals surface area contributed by atoms with Crippen molar-refractivity contribution in [3.8, 4) is 0 Å². The summed E-state index contributed by atoms with van der Waals surface area (Å²) in [6.45, 7) is 8.49. The van der Waals surface area contributed by atoms with Crippen LogP contribution in [0.1, 0.15) is 55.1 Å². The van der Waals surface area contributed by atoms with Crippen LogP contribution in [-0.2, 0) is 0 Å². The van der Waals surface area contributed by atoms with Crippen molar-refractivity contribution in [2.45, 2.75) is 39.5 Å². The van der Waals surface area contributed by atoms with Crippen LogP contribution in [0.15, 0.2) is 0 Å². The molecule has 0 saturated heterocycles. The van der Waals surface area contributed by atoms with E-state index in [1.165, 1.54) is 0 Å². The first-order chi connectivity index (χ1) is 6.43. The molecule has 1 rings (SSSR count). The first-order valence-corrected chi connectivity index (χ1v) is 5.96. The van der Waals surface area contributed by atoms with Crippen molar-refractivity contribution in [1.82, 2.24) is 4.98 Å². The van der Waals surface area contributed by atoms with Gasteiger partial charge in [0.25, 0.3) is 0 Å². The minimum Gasteiger partial charge on any atom is -0.389 e. The van der Waals surface area contributed by atoms with Gasteiger partial charge < -0.3 is 5.73 Å². The van der Waals surface area contributed by atoms with Gasteiger partial charge in [-0.15, -0.1) is 11.3 Å². The molecule has 0 unspecified atom stereocenters. The lowest BCUT2D eigenvalue weighted by molar-refractivity contribution is 0.791. The van der Waals surface area contributed by atoms with Gasteiger partial charge in [-0.05, 0) is 5.92 Å². The smallest absolute Gasteiger partial charge is 0.116 e. The van der Waals surface area contributed by atoms with Crippen LogP contribution in [-0.4, -0.2) is 9.97 Å². The minimum absolute atomic E-state index is 0.384. The molecule has 1 aromatic heterocycles. The van der Waals surface area contributed by atoms with Gasteiger partial charge in [-0.2, -0.15) is 0 Å². The Kier molecular flexibility index (Phi) is 3.61. The van der Waals surface area contributed by atoms with Gasteiger partial charge in [-0.25, -0.2) is 4.98 Å². The zero-order valence-electron chi connectivity index (χ0n) is 9.00. The van der Waals surface area contributed by atoms with Crippen LogP contribution in [0.3, 0.4) is 0 Å². The Labute approximate surface area is 94.5 Å². The van der Waals surface area contributed by atoms with Crippen molar-refractivity contribution in [2.24, 2.45) is 5.73 Å². The van der Waals surface area contributed by atoms with E-state index in [9.17, 15) is 0 Å². The van der Waals surface area contributed by atoms with Crippen molar-refractivity contribution in [1.29, 1.82) is 0 Å². The molecule has 4 heteroatoms. The van der Waals surface area contributed by atoms with Gasteiger partial charge in [0.05, 0.1) is 15.6 Å². The predicted molar refractivity (Wildman–Crippen MR) is 66.2 cm³/mol. The summed E-state index contributed by atoms with van der Waals surface area (Å²) in [5.41, 5.74) is 6.72. The van der Waals surface area contributed by atoms with E-state index in [2.05, 4.69) is 32.7 Å². The highest BCUT2D eigenvalue weighted by atomic mass is 32.1. The zero-order valence-corrected chi connectivity index (χ0v) is 10.6. The zero-order chi connectivity index (χ0) is 10.9. The van der Waals surface area contributed by atoms with Crippen LogP contribution in [0.25, 0.3) is 0 Å². The summed E-state index contributed by atoms with van der Waals surface area (Å²) < 4.78 is 0. The topological polar surface area (TPSA) is 38.9 Å². The Morgan fingerprint density at radius 1 is 1.29 bits per heavy atom. The number of thiocarbonyl (C=S) groups is 1. The molecule has 0 aliphatic heterocycles. The summed E-state index contributed by atoms with van der Waals surface area (Å²) in [6.07, 6.45) is 0. The molecule has 1 heterocycles. The lowest BCUT2D eigenvalue weighted by atomic mass is 10.1. The number of hydrogen-bond donors (Lipinski definition) is 1. The molecule has 0 atom stereocenters. The van der Waals surface area contributed by atoms with E-state index in [1.807, 2.05) is 0 Å². The van der Waals surface area contributed by atoms with Crippen molar-refractivity contribution >= 4 is 28.5 Å². The average Bonchev–Trinajstić information content (AvgIpc) is 2.47. The van der Waals surface area contributed by atoms with Crippen LogP contribution in [0, 0.1) is 0 Å². The second-order valence-electron chi connectivity index (χ2n) is 3.94. The molecule has 0 radical (unpaired) electrons. The molecule has 0 aliphatic rings. The van der Waals surface area contributed by atoms with Crippen molar-refractivity contribution in [3.05, 3.63) is 15.6 Å². The lowest BCUT2D eigenvalue weighted by Crippen LogP contribution is -2.10. The lowest BCUT2D eigenvalue weighted by Gasteiger charge is -2.02. The minimum atomic E-state index is 0.384. The second kappa shape index (κ2) is 4.36. The van der Waals surface area contributed by atoms with E-state index in [4.69, 9.17) is 18.0 Å². The normalized spacial score (nSPS) is 11.3. The van der Waals surface area contributed by atoms with Crippen LogP contribution in [0.4, 0.5) is 0 Å². The predicted octanol–water partition coefficient (Wildman–Crippen LogP) is 3.02. The fourth-order valence-electron chi connectivity index (χ4n) is 1.16. The number of rotatable bonds is 3. The van der Waals surface area contributed by atoms with Crippen LogP contribution in [0.5, 0.6) is 0 Å². The first kappa shape index (κ1) is 11.6. The van der Waals surface area contributed by atoms with E-state index in [0.717, 1.165) is 15.6 Å². The standard InChI is InChI=1S/C10H16N2S2/c1-5(2)7-8(9(11)13)14-10(12-7)6(3)4/h5-6H,1-4H3,(H2,11,13). The van der Waals surface area contributed by atoms with Crippen molar-refractivity contribution < 1.29 is 0 Å². The number of hydrogen-bond acceptors (Lipinski definition) is 3. The Morgan fingerprint density at radius 3 is 2.14 bits per heavy atom. The van der Waals surface area contributed by atoms with Gasteiger partial charge in [0.15, 0.2) is 0 Å². The average molecular weight is 228 g/mol. The number of nitrogens with zero attached hydrogens (tertiary/aromatic N) is 1. The maximum absolute atomic E-state index is 5.67. The summed E-state index contributed by atoms with van der Waals surface area (Å²) in [7, 11) is 0. The molecule has 0 bridgehead atoms. The number of thiazole rings is 1. The molecule has 0 fully saturated rings. The highest BCUT2D eigenvalue weighted by Gasteiger charge is 2.17. The highest BCUT2D eigenvalue weighted by Crippen LogP contribution is 2.29. The fourth-order valence-corrected chi connectivity index (χ4v) is 2.47. The molecule has 0 aromatic carbocycles. The quantitative estimate of drug-likeness (QED) is 0.808. The largest absolute Gasteiger partial charge is 0.389 e. The van der Waals surface area contributed by atoms with Gasteiger partial charge in [0, 0.05) is 5.92 Å². The van der Waals surface area contributed by atoms with Crippen LogP contribution >= 0.6 is 23.6 Å². The summed E-state index contributed by atoms with van der Waals surface area (Å²) in [6, 6.07) is 0. The van der Waals surface area contributed by atoms with E-state index in [1.54, 1.807) is 11.3 Å². The van der Waals surface area contributed by atoms with E-state index >= 15 is 0 Å². The van der Waals surface area contributed by atoms with Crippen LogP contribution in [0.2, 0.25) is 0 Å². The molecule has 2 nitrogen and oxygen atoms in total. The molecular formula is C10H16N2S2. The van der Waals surface area contributed by atoms with E-state index in [0.29, 0.717) is 16.8 Å². The van der Waals surface area contributed by atoms with E-state index in [-0.39, 0.29) is 0 Å². The number of aromatic nitrogens is 1. The molecule has 2 N–H and O–H groups in total. The molecule has 0 amide bonds. The molecule has 0 aliphatic carbocycles. The van der Waals surface area contributed by atoms with Gasteiger partial charge >= 0.3 is 0 Å². The third-order valence-corrected chi connectivity index (χ3v) is 3.67. The maximum atomic E-state index is 5.67. The van der Waals surface area contributed by atoms with Gasteiger partial charge in [-0.1, -0.05) is 39.9 Å². The molecule has 0 saturated carbocycles. The van der Waals surface area contributed by atoms with Gasteiger partial charge in [0.2, 0.25) is 0 Å². The Balaban J connectivity index is 3.19. The summed E-state index contributed by atoms with van der Waals surface area (Å²) in [4.78, 5) is 6.04. The number of nitrogens with two attached hydrogens (primary N) is 1. The summed E-state index contributed by atoms with van der Waals surface area (Å²) in [5, 5.41) is 1.12. The third kappa shape index (κ3) is 2.30. The summed E-state index contributed by atoms with van der Waals surface area (Å²) >= 11 is 6.64. The molecule has 78 valence electrons. The summed E-state index contributed by atoms with van der Waals surface area (Å²) in [5.74, 6) is 0.829.